The van der Waals surface area contributed by atoms with Gasteiger partial charge in [0, 0.05) is 19.2 Å². The number of nitrogens with one attached hydrogen (secondary N) is 2. The van der Waals surface area contributed by atoms with Crippen molar-refractivity contribution in [2.45, 2.75) is 44.1 Å². The molecule has 2 saturated carbocycles. The molecule has 0 spiro atoms. The van der Waals surface area contributed by atoms with Gasteiger partial charge in [0.05, 0.1) is 17.7 Å². The van der Waals surface area contributed by atoms with Gasteiger partial charge in [0.25, 0.3) is 11.8 Å². The number of aromatic nitrogens is 2. The normalized spacial score (nSPS) is 25.6. The molecule has 1 heterocycles. The third-order valence-electron chi connectivity index (χ3n) is 6.21. The predicted molar refractivity (Wildman–Crippen MR) is 104 cm³/mol. The molecule has 2 fully saturated rings. The van der Waals surface area contributed by atoms with Crippen LogP contribution in [0.5, 0.6) is 0 Å². The summed E-state index contributed by atoms with van der Waals surface area (Å²) in [6.07, 6.45) is -3.56. The summed E-state index contributed by atoms with van der Waals surface area (Å²) in [5.74, 6) is -0.491. The van der Waals surface area contributed by atoms with Crippen molar-refractivity contribution in [3.63, 3.8) is 0 Å². The minimum Gasteiger partial charge on any atom is -0.393 e. The highest BCUT2D eigenvalue weighted by Crippen LogP contribution is 2.52. The molecule has 31 heavy (non-hydrogen) atoms. The highest BCUT2D eigenvalue weighted by atomic mass is 19.4. The minimum atomic E-state index is -4.50. The number of fused-ring (bicyclic) bond motifs is 1. The monoisotopic (exact) mass is 436 g/mol. The predicted octanol–water partition coefficient (Wildman–Crippen LogP) is 2.37. The molecule has 5 atom stereocenters. The standard InChI is InChI=1S/C21H23F3N4O3/c1-10(11-4-3-5-12(6-11)21(22,23)24)28-17(9-16(27-28)19(30)25-2)20(31)26-18-14-7-13(29)8-15(14)18/h3-6,9-10,13-15,18,29H,7-8H2,1-2H3,(H,25,30)(H,26,31)/t10-,13-,14-,15+,18+/m1/s1. The first-order valence-electron chi connectivity index (χ1n) is 10.1. The van der Waals surface area contributed by atoms with Gasteiger partial charge in [0.1, 0.15) is 5.69 Å². The third kappa shape index (κ3) is 4.04. The molecule has 166 valence electrons. The van der Waals surface area contributed by atoms with Gasteiger partial charge in [-0.1, -0.05) is 12.1 Å². The van der Waals surface area contributed by atoms with Crippen molar-refractivity contribution < 1.29 is 27.9 Å². The Balaban J connectivity index is 1.63. The zero-order valence-corrected chi connectivity index (χ0v) is 17.0. The van der Waals surface area contributed by atoms with Crippen LogP contribution in [0.25, 0.3) is 0 Å². The van der Waals surface area contributed by atoms with Crippen molar-refractivity contribution >= 4 is 11.8 Å². The van der Waals surface area contributed by atoms with Crippen LogP contribution < -0.4 is 10.6 Å². The molecule has 10 heteroatoms. The molecule has 2 aromatic rings. The van der Waals surface area contributed by atoms with Crippen molar-refractivity contribution in [1.82, 2.24) is 20.4 Å². The summed E-state index contributed by atoms with van der Waals surface area (Å²) in [6.45, 7) is 1.62. The highest BCUT2D eigenvalue weighted by Gasteiger charge is 2.56. The molecular weight excluding hydrogens is 413 g/mol. The SMILES string of the molecule is CNC(=O)c1cc(C(=O)N[C@H]2[C@@H]3C[C@@H](O)C[C@@H]32)n([C@H](C)c2cccc(C(F)(F)F)c2)n1. The maximum atomic E-state index is 13.1. The number of alkyl halides is 3. The van der Waals surface area contributed by atoms with E-state index in [4.69, 9.17) is 0 Å². The number of rotatable bonds is 5. The molecule has 1 aromatic heterocycles. The number of aliphatic hydroxyl groups excluding tert-OH is 1. The number of carbonyl (C=O) groups is 2. The van der Waals surface area contributed by atoms with Crippen LogP contribution >= 0.6 is 0 Å². The summed E-state index contributed by atoms with van der Waals surface area (Å²) >= 11 is 0. The van der Waals surface area contributed by atoms with Gasteiger partial charge in [-0.3, -0.25) is 14.3 Å². The number of carbonyl (C=O) groups excluding carboxylic acids is 2. The first-order chi connectivity index (χ1) is 14.6. The van der Waals surface area contributed by atoms with Crippen LogP contribution in [-0.2, 0) is 6.18 Å². The van der Waals surface area contributed by atoms with Crippen molar-refractivity contribution in [3.05, 3.63) is 52.8 Å². The van der Waals surface area contributed by atoms with E-state index in [0.717, 1.165) is 12.1 Å². The molecule has 0 bridgehead atoms. The maximum absolute atomic E-state index is 13.1. The lowest BCUT2D eigenvalue weighted by Crippen LogP contribution is -2.32. The Labute approximate surface area is 176 Å². The summed E-state index contributed by atoms with van der Waals surface area (Å²) in [7, 11) is 1.42. The van der Waals surface area contributed by atoms with Gasteiger partial charge in [0.15, 0.2) is 5.69 Å². The number of aliphatic hydroxyl groups is 1. The van der Waals surface area contributed by atoms with Crippen LogP contribution in [0.1, 0.15) is 57.9 Å². The number of amides is 2. The topological polar surface area (TPSA) is 96.3 Å². The van der Waals surface area contributed by atoms with E-state index in [1.807, 2.05) is 0 Å². The fourth-order valence-corrected chi connectivity index (χ4v) is 4.47. The molecule has 0 unspecified atom stereocenters. The Morgan fingerprint density at radius 2 is 1.87 bits per heavy atom. The Kier molecular flexibility index (Phi) is 5.28. The fourth-order valence-electron chi connectivity index (χ4n) is 4.47. The average Bonchev–Trinajstić information content (AvgIpc) is 3.10. The van der Waals surface area contributed by atoms with Gasteiger partial charge in [-0.05, 0) is 49.3 Å². The third-order valence-corrected chi connectivity index (χ3v) is 6.21. The van der Waals surface area contributed by atoms with Crippen molar-refractivity contribution in [3.8, 4) is 0 Å². The highest BCUT2D eigenvalue weighted by molar-refractivity contribution is 5.98. The molecule has 1 aromatic carbocycles. The lowest BCUT2D eigenvalue weighted by atomic mass is 10.0. The Morgan fingerprint density at radius 3 is 2.48 bits per heavy atom. The summed E-state index contributed by atoms with van der Waals surface area (Å²) < 4.78 is 40.7. The summed E-state index contributed by atoms with van der Waals surface area (Å²) in [6, 6.07) is 5.38. The van der Waals surface area contributed by atoms with Crippen molar-refractivity contribution in [2.24, 2.45) is 11.8 Å². The van der Waals surface area contributed by atoms with Crippen LogP contribution in [0.3, 0.4) is 0 Å². The largest absolute Gasteiger partial charge is 0.416 e. The second kappa shape index (κ2) is 7.67. The first-order valence-corrected chi connectivity index (χ1v) is 10.1. The van der Waals surface area contributed by atoms with Gasteiger partial charge in [-0.2, -0.15) is 18.3 Å². The van der Waals surface area contributed by atoms with Crippen LogP contribution in [-0.4, -0.2) is 45.9 Å². The zero-order valence-electron chi connectivity index (χ0n) is 17.0. The van der Waals surface area contributed by atoms with Gasteiger partial charge < -0.3 is 15.7 Å². The molecule has 2 aliphatic carbocycles. The molecule has 0 aliphatic heterocycles. The van der Waals surface area contributed by atoms with E-state index in [-0.39, 0.29) is 35.4 Å². The molecule has 4 rings (SSSR count). The second-order valence-corrected chi connectivity index (χ2v) is 8.19. The number of hydrogen-bond acceptors (Lipinski definition) is 4. The van der Waals surface area contributed by atoms with Crippen LogP contribution in [0.2, 0.25) is 0 Å². The molecule has 2 amide bonds. The van der Waals surface area contributed by atoms with E-state index in [0.29, 0.717) is 18.4 Å². The fraction of sp³-hybridized carbons (Fsp3) is 0.476. The van der Waals surface area contributed by atoms with E-state index < -0.39 is 29.6 Å². The lowest BCUT2D eigenvalue weighted by Gasteiger charge is -2.18. The number of halogens is 3. The minimum absolute atomic E-state index is 0.00195. The summed E-state index contributed by atoms with van der Waals surface area (Å²) in [5, 5.41) is 19.2. The number of nitrogens with zero attached hydrogens (tertiary/aromatic N) is 2. The number of benzene rings is 1. The van der Waals surface area contributed by atoms with Gasteiger partial charge in [-0.15, -0.1) is 0 Å². The second-order valence-electron chi connectivity index (χ2n) is 8.19. The van der Waals surface area contributed by atoms with Crippen LogP contribution in [0.15, 0.2) is 30.3 Å². The zero-order chi connectivity index (χ0) is 22.5. The first kappa shape index (κ1) is 21.4. The Bertz CT molecular complexity index is 1010. The van der Waals surface area contributed by atoms with E-state index in [2.05, 4.69) is 15.7 Å². The van der Waals surface area contributed by atoms with E-state index in [1.165, 1.54) is 29.9 Å². The Morgan fingerprint density at radius 1 is 1.19 bits per heavy atom. The van der Waals surface area contributed by atoms with Crippen LogP contribution in [0, 0.1) is 11.8 Å². The van der Waals surface area contributed by atoms with E-state index in [1.54, 1.807) is 6.92 Å². The van der Waals surface area contributed by atoms with E-state index in [9.17, 15) is 27.9 Å². The molecular formula is C21H23F3N4O3. The molecule has 0 radical (unpaired) electrons. The quantitative estimate of drug-likeness (QED) is 0.671. The van der Waals surface area contributed by atoms with Crippen molar-refractivity contribution in [2.75, 3.05) is 7.05 Å². The molecule has 0 saturated heterocycles. The Hall–Kier alpha value is -2.88. The lowest BCUT2D eigenvalue weighted by molar-refractivity contribution is -0.137. The van der Waals surface area contributed by atoms with Gasteiger partial charge in [-0.25, -0.2) is 0 Å². The summed E-state index contributed by atoms with van der Waals surface area (Å²) in [4.78, 5) is 25.0. The maximum Gasteiger partial charge on any atom is 0.416 e. The average molecular weight is 436 g/mol. The molecule has 7 nitrogen and oxygen atoms in total. The summed E-state index contributed by atoms with van der Waals surface area (Å²) in [5.41, 5.74) is -0.403. The number of hydrogen-bond donors (Lipinski definition) is 3. The smallest absolute Gasteiger partial charge is 0.393 e. The van der Waals surface area contributed by atoms with Crippen molar-refractivity contribution in [1.29, 1.82) is 0 Å². The molecule has 3 N–H and O–H groups in total. The van der Waals surface area contributed by atoms with E-state index >= 15 is 0 Å². The van der Waals surface area contributed by atoms with Gasteiger partial charge >= 0.3 is 6.18 Å². The van der Waals surface area contributed by atoms with Gasteiger partial charge in [0.2, 0.25) is 0 Å². The molecule has 2 aliphatic rings. The van der Waals surface area contributed by atoms with Crippen LogP contribution in [0.4, 0.5) is 13.2 Å².